The molecule has 0 saturated carbocycles. The summed E-state index contributed by atoms with van der Waals surface area (Å²) >= 11 is 3.39. The molecule has 0 unspecified atom stereocenters. The number of anilines is 2. The topological polar surface area (TPSA) is 84.4 Å². The van der Waals surface area contributed by atoms with Gasteiger partial charge >= 0.3 is 5.97 Å². The van der Waals surface area contributed by atoms with Crippen LogP contribution in [0.3, 0.4) is 0 Å². The van der Waals surface area contributed by atoms with Crippen molar-refractivity contribution in [3.05, 3.63) is 46.7 Å². The predicted molar refractivity (Wildman–Crippen MR) is 93.8 cm³/mol. The van der Waals surface area contributed by atoms with Crippen LogP contribution in [-0.4, -0.2) is 42.0 Å². The Morgan fingerprint density at radius 3 is 2.67 bits per heavy atom. The summed E-state index contributed by atoms with van der Waals surface area (Å²) in [7, 11) is 1.67. The Balaban J connectivity index is 1.78. The predicted octanol–water partition coefficient (Wildman–Crippen LogP) is 2.17. The number of esters is 1. The third kappa shape index (κ3) is 5.31. The van der Waals surface area contributed by atoms with Gasteiger partial charge in [0.1, 0.15) is 6.54 Å². The SMILES string of the molecule is Cc1cc(NC(=O)COC(=O)CN(C)c2ncccn2)ccc1Br. The van der Waals surface area contributed by atoms with E-state index in [2.05, 4.69) is 31.2 Å². The highest BCUT2D eigenvalue weighted by molar-refractivity contribution is 9.10. The van der Waals surface area contributed by atoms with E-state index in [-0.39, 0.29) is 13.2 Å². The van der Waals surface area contributed by atoms with Gasteiger partial charge in [0.15, 0.2) is 6.61 Å². The van der Waals surface area contributed by atoms with Crippen LogP contribution in [-0.2, 0) is 14.3 Å². The fraction of sp³-hybridized carbons (Fsp3) is 0.250. The second-order valence-electron chi connectivity index (χ2n) is 5.08. The maximum atomic E-state index is 11.8. The molecule has 0 radical (unpaired) electrons. The molecule has 1 amide bonds. The lowest BCUT2D eigenvalue weighted by Gasteiger charge is -2.15. The minimum absolute atomic E-state index is 0.0469. The monoisotopic (exact) mass is 392 g/mol. The Bertz CT molecular complexity index is 725. The van der Waals surface area contributed by atoms with Gasteiger partial charge in [-0.25, -0.2) is 9.97 Å². The number of nitrogens with zero attached hydrogens (tertiary/aromatic N) is 3. The first-order valence-corrected chi connectivity index (χ1v) is 7.95. The van der Waals surface area contributed by atoms with Crippen LogP contribution < -0.4 is 10.2 Å². The third-order valence-corrected chi connectivity index (χ3v) is 3.96. The molecule has 0 fully saturated rings. The molecule has 1 N–H and O–H groups in total. The van der Waals surface area contributed by atoms with E-state index in [0.29, 0.717) is 11.6 Å². The van der Waals surface area contributed by atoms with Gasteiger partial charge in [-0.3, -0.25) is 9.59 Å². The summed E-state index contributed by atoms with van der Waals surface area (Å²) in [5, 5.41) is 2.68. The first-order valence-electron chi connectivity index (χ1n) is 7.15. The quantitative estimate of drug-likeness (QED) is 0.758. The molecule has 2 aromatic rings. The van der Waals surface area contributed by atoms with Gasteiger partial charge in [-0.05, 0) is 36.8 Å². The lowest BCUT2D eigenvalue weighted by atomic mass is 10.2. The molecule has 126 valence electrons. The van der Waals surface area contributed by atoms with Gasteiger partial charge in [-0.2, -0.15) is 0 Å². The van der Waals surface area contributed by atoms with Crippen LogP contribution in [0.4, 0.5) is 11.6 Å². The summed E-state index contributed by atoms with van der Waals surface area (Å²) in [5.74, 6) is -0.528. The number of rotatable bonds is 6. The summed E-state index contributed by atoms with van der Waals surface area (Å²) in [4.78, 5) is 33.2. The molecular formula is C16H17BrN4O3. The molecule has 7 nitrogen and oxygen atoms in total. The Morgan fingerprint density at radius 1 is 1.29 bits per heavy atom. The second-order valence-corrected chi connectivity index (χ2v) is 5.93. The number of hydrogen-bond acceptors (Lipinski definition) is 6. The number of benzene rings is 1. The molecule has 8 heteroatoms. The number of hydrogen-bond donors (Lipinski definition) is 1. The van der Waals surface area contributed by atoms with E-state index in [9.17, 15) is 9.59 Å². The molecule has 0 spiro atoms. The van der Waals surface area contributed by atoms with Crippen LogP contribution >= 0.6 is 15.9 Å². The van der Waals surface area contributed by atoms with Gasteiger partial charge in [0, 0.05) is 29.6 Å². The second kappa shape index (κ2) is 8.39. The molecule has 0 atom stereocenters. The van der Waals surface area contributed by atoms with Gasteiger partial charge in [-0.15, -0.1) is 0 Å². The van der Waals surface area contributed by atoms with Gasteiger partial charge < -0.3 is 15.0 Å². The number of aryl methyl sites for hydroxylation is 1. The van der Waals surface area contributed by atoms with E-state index in [1.54, 1.807) is 36.5 Å². The number of carbonyl (C=O) groups is 2. The van der Waals surface area contributed by atoms with Crippen molar-refractivity contribution >= 4 is 39.4 Å². The van der Waals surface area contributed by atoms with Crippen molar-refractivity contribution in [1.82, 2.24) is 9.97 Å². The van der Waals surface area contributed by atoms with Crippen LogP contribution in [0.5, 0.6) is 0 Å². The lowest BCUT2D eigenvalue weighted by Crippen LogP contribution is -2.30. The Kier molecular flexibility index (Phi) is 6.25. The molecule has 1 aromatic heterocycles. The summed E-state index contributed by atoms with van der Waals surface area (Å²) < 4.78 is 5.92. The smallest absolute Gasteiger partial charge is 0.326 e. The number of amides is 1. The molecule has 0 bridgehead atoms. The van der Waals surface area contributed by atoms with Crippen molar-refractivity contribution < 1.29 is 14.3 Å². The average molecular weight is 393 g/mol. The van der Waals surface area contributed by atoms with Crippen LogP contribution in [0.2, 0.25) is 0 Å². The highest BCUT2D eigenvalue weighted by Crippen LogP contribution is 2.19. The zero-order valence-electron chi connectivity index (χ0n) is 13.3. The van der Waals surface area contributed by atoms with Crippen molar-refractivity contribution in [1.29, 1.82) is 0 Å². The van der Waals surface area contributed by atoms with Crippen molar-refractivity contribution in [3.63, 3.8) is 0 Å². The fourth-order valence-electron chi connectivity index (χ4n) is 1.86. The summed E-state index contributed by atoms with van der Waals surface area (Å²) in [5.41, 5.74) is 1.64. The van der Waals surface area contributed by atoms with Gasteiger partial charge in [-0.1, -0.05) is 15.9 Å². The molecule has 1 heterocycles. The van der Waals surface area contributed by atoms with E-state index >= 15 is 0 Å². The van der Waals surface area contributed by atoms with Crippen LogP contribution in [0.25, 0.3) is 0 Å². The number of likely N-dealkylation sites (N-methyl/N-ethyl adjacent to an activating group) is 1. The molecule has 2 rings (SSSR count). The first kappa shape index (κ1) is 17.9. The summed E-state index contributed by atoms with van der Waals surface area (Å²) in [6.45, 7) is 1.52. The fourth-order valence-corrected chi connectivity index (χ4v) is 2.11. The third-order valence-electron chi connectivity index (χ3n) is 3.07. The zero-order chi connectivity index (χ0) is 17.5. The molecular weight excluding hydrogens is 376 g/mol. The highest BCUT2D eigenvalue weighted by Gasteiger charge is 2.12. The van der Waals surface area contributed by atoms with Crippen molar-refractivity contribution in [3.8, 4) is 0 Å². The minimum atomic E-state index is -0.535. The molecule has 1 aromatic carbocycles. The standard InChI is InChI=1S/C16H17BrN4O3/c1-11-8-12(4-5-13(11)17)20-14(22)10-24-15(23)9-21(2)16-18-6-3-7-19-16/h3-8H,9-10H2,1-2H3,(H,20,22). The Hall–Kier alpha value is -2.48. The summed E-state index contributed by atoms with van der Waals surface area (Å²) in [6.07, 6.45) is 3.16. The van der Waals surface area contributed by atoms with Crippen molar-refractivity contribution in [2.75, 3.05) is 30.4 Å². The number of aromatic nitrogens is 2. The molecule has 0 aliphatic heterocycles. The van der Waals surface area contributed by atoms with E-state index in [4.69, 9.17) is 4.74 Å². The van der Waals surface area contributed by atoms with Crippen LogP contribution in [0.1, 0.15) is 5.56 Å². The number of nitrogens with one attached hydrogen (secondary N) is 1. The lowest BCUT2D eigenvalue weighted by molar-refractivity contribution is -0.145. The number of halogens is 1. The van der Waals surface area contributed by atoms with E-state index in [1.807, 2.05) is 19.1 Å². The number of ether oxygens (including phenoxy) is 1. The molecule has 0 aliphatic rings. The maximum Gasteiger partial charge on any atom is 0.326 e. The molecule has 0 aliphatic carbocycles. The maximum absolute atomic E-state index is 11.8. The largest absolute Gasteiger partial charge is 0.454 e. The Morgan fingerprint density at radius 2 is 2.00 bits per heavy atom. The molecule has 24 heavy (non-hydrogen) atoms. The average Bonchev–Trinajstić information content (AvgIpc) is 2.57. The first-order chi connectivity index (χ1) is 11.5. The van der Waals surface area contributed by atoms with Crippen LogP contribution in [0.15, 0.2) is 41.1 Å². The van der Waals surface area contributed by atoms with E-state index < -0.39 is 11.9 Å². The van der Waals surface area contributed by atoms with Gasteiger partial charge in [0.05, 0.1) is 0 Å². The summed E-state index contributed by atoms with van der Waals surface area (Å²) in [6, 6.07) is 7.11. The number of carbonyl (C=O) groups excluding carboxylic acids is 2. The van der Waals surface area contributed by atoms with Crippen LogP contribution in [0, 0.1) is 6.92 Å². The van der Waals surface area contributed by atoms with E-state index in [0.717, 1.165) is 10.0 Å². The molecule has 0 saturated heterocycles. The zero-order valence-corrected chi connectivity index (χ0v) is 14.9. The highest BCUT2D eigenvalue weighted by atomic mass is 79.9. The van der Waals surface area contributed by atoms with Crippen molar-refractivity contribution in [2.45, 2.75) is 6.92 Å². The van der Waals surface area contributed by atoms with Gasteiger partial charge in [0.2, 0.25) is 5.95 Å². The van der Waals surface area contributed by atoms with Crippen molar-refractivity contribution in [2.24, 2.45) is 0 Å². The Labute approximate surface area is 148 Å². The minimum Gasteiger partial charge on any atom is -0.454 e. The van der Waals surface area contributed by atoms with E-state index in [1.165, 1.54) is 0 Å². The van der Waals surface area contributed by atoms with Gasteiger partial charge in [0.25, 0.3) is 5.91 Å². The normalized spacial score (nSPS) is 10.1.